The zero-order valence-corrected chi connectivity index (χ0v) is 12.1. The van der Waals surface area contributed by atoms with Crippen molar-refractivity contribution in [2.24, 2.45) is 14.1 Å². The molecule has 0 aliphatic heterocycles. The first-order valence-electron chi connectivity index (χ1n) is 6.80. The Labute approximate surface area is 122 Å². The molecule has 0 aliphatic rings. The van der Waals surface area contributed by atoms with E-state index in [0.29, 0.717) is 11.4 Å². The van der Waals surface area contributed by atoms with Crippen molar-refractivity contribution in [1.82, 2.24) is 23.9 Å². The van der Waals surface area contributed by atoms with Crippen molar-refractivity contribution in [2.45, 2.75) is 13.0 Å². The monoisotopic (exact) mass is 283 g/mol. The van der Waals surface area contributed by atoms with Crippen molar-refractivity contribution in [1.29, 1.82) is 0 Å². The minimum atomic E-state index is -0.0358. The van der Waals surface area contributed by atoms with E-state index < -0.39 is 0 Å². The van der Waals surface area contributed by atoms with Gasteiger partial charge in [-0.1, -0.05) is 0 Å². The smallest absolute Gasteiger partial charge is 0.261 e. The van der Waals surface area contributed by atoms with Crippen LogP contribution in [-0.2, 0) is 27.1 Å². The Bertz CT molecular complexity index is 811. The molecule has 0 spiro atoms. The van der Waals surface area contributed by atoms with Crippen molar-refractivity contribution < 1.29 is 0 Å². The normalized spacial score (nSPS) is 11.0. The molecule has 0 N–H and O–H groups in total. The molecule has 0 saturated heterocycles. The van der Waals surface area contributed by atoms with Gasteiger partial charge in [-0.05, 0) is 24.1 Å². The van der Waals surface area contributed by atoms with E-state index in [-0.39, 0.29) is 5.56 Å². The summed E-state index contributed by atoms with van der Waals surface area (Å²) < 4.78 is 5.36. The summed E-state index contributed by atoms with van der Waals surface area (Å²) in [5, 5.41) is 4.16. The average molecular weight is 283 g/mol. The number of hydrogen-bond donors (Lipinski definition) is 0. The van der Waals surface area contributed by atoms with E-state index >= 15 is 0 Å². The summed E-state index contributed by atoms with van der Waals surface area (Å²) >= 11 is 0. The fourth-order valence-electron chi connectivity index (χ4n) is 2.35. The molecular formula is C15H17N5O. The summed E-state index contributed by atoms with van der Waals surface area (Å²) in [6.07, 6.45) is 10.1. The van der Waals surface area contributed by atoms with E-state index in [1.165, 1.54) is 0 Å². The lowest BCUT2D eigenvalue weighted by molar-refractivity contribution is 0.699. The van der Waals surface area contributed by atoms with Gasteiger partial charge >= 0.3 is 0 Å². The van der Waals surface area contributed by atoms with Gasteiger partial charge in [0.1, 0.15) is 5.82 Å². The van der Waals surface area contributed by atoms with Gasteiger partial charge in [0.15, 0.2) is 0 Å². The van der Waals surface area contributed by atoms with Crippen LogP contribution in [-0.4, -0.2) is 23.9 Å². The Morgan fingerprint density at radius 3 is 2.86 bits per heavy atom. The summed E-state index contributed by atoms with van der Waals surface area (Å²) in [5.41, 5.74) is 1.75. The van der Waals surface area contributed by atoms with Crippen molar-refractivity contribution in [3.05, 3.63) is 59.0 Å². The van der Waals surface area contributed by atoms with Crippen LogP contribution in [0.3, 0.4) is 0 Å². The average Bonchev–Trinajstić information content (AvgIpc) is 3.08. The molecule has 6 heteroatoms. The number of hydrogen-bond acceptors (Lipinski definition) is 3. The van der Waals surface area contributed by atoms with Crippen molar-refractivity contribution in [3.63, 3.8) is 0 Å². The van der Waals surface area contributed by atoms with Crippen molar-refractivity contribution in [2.75, 3.05) is 0 Å². The quantitative estimate of drug-likeness (QED) is 0.723. The topological polar surface area (TPSA) is 57.6 Å². The summed E-state index contributed by atoms with van der Waals surface area (Å²) in [6.45, 7) is 0.763. The van der Waals surface area contributed by atoms with E-state index in [2.05, 4.69) is 10.1 Å². The molecule has 108 valence electrons. The van der Waals surface area contributed by atoms with Gasteiger partial charge in [0.25, 0.3) is 5.56 Å². The van der Waals surface area contributed by atoms with Crippen molar-refractivity contribution in [3.8, 4) is 11.4 Å². The van der Waals surface area contributed by atoms with Crippen LogP contribution in [0.5, 0.6) is 0 Å². The molecular weight excluding hydrogens is 266 g/mol. The second kappa shape index (κ2) is 5.40. The molecule has 0 unspecified atom stereocenters. The second-order valence-corrected chi connectivity index (χ2v) is 5.05. The van der Waals surface area contributed by atoms with Gasteiger partial charge in [-0.2, -0.15) is 5.10 Å². The SMILES string of the molecule is Cn1cc(CCn2ccnc2-c2cccn(C)c2=O)cn1. The first kappa shape index (κ1) is 13.4. The van der Waals surface area contributed by atoms with Gasteiger partial charge in [-0.25, -0.2) is 4.98 Å². The standard InChI is InChI=1S/C15H17N5O/c1-18-7-3-4-13(15(18)21)14-16-6-9-20(14)8-5-12-10-17-19(2)11-12/h3-4,6-7,9-11H,5,8H2,1-2H3. The van der Waals surface area contributed by atoms with E-state index in [9.17, 15) is 4.79 Å². The Balaban J connectivity index is 1.87. The zero-order valence-electron chi connectivity index (χ0n) is 12.1. The third kappa shape index (κ3) is 2.65. The predicted octanol–water partition coefficient (Wildman–Crippen LogP) is 1.22. The number of aromatic nitrogens is 5. The Morgan fingerprint density at radius 2 is 2.10 bits per heavy atom. The fourth-order valence-corrected chi connectivity index (χ4v) is 2.35. The second-order valence-electron chi connectivity index (χ2n) is 5.05. The molecule has 0 aliphatic carbocycles. The summed E-state index contributed by atoms with van der Waals surface area (Å²) in [4.78, 5) is 16.5. The molecule has 3 heterocycles. The zero-order chi connectivity index (χ0) is 14.8. The summed E-state index contributed by atoms with van der Waals surface area (Å²) in [7, 11) is 3.65. The van der Waals surface area contributed by atoms with Gasteiger partial charge in [-0.3, -0.25) is 9.48 Å². The van der Waals surface area contributed by atoms with Crippen LogP contribution in [0.25, 0.3) is 11.4 Å². The van der Waals surface area contributed by atoms with Crippen LogP contribution in [0, 0.1) is 0 Å². The molecule has 0 bridgehead atoms. The maximum atomic E-state index is 12.2. The van der Waals surface area contributed by atoms with Crippen LogP contribution < -0.4 is 5.56 Å². The molecule has 6 nitrogen and oxygen atoms in total. The Kier molecular flexibility index (Phi) is 3.43. The van der Waals surface area contributed by atoms with Crippen LogP contribution in [0.15, 0.2) is 47.9 Å². The molecule has 21 heavy (non-hydrogen) atoms. The number of aryl methyl sites for hydroxylation is 4. The van der Waals surface area contributed by atoms with Gasteiger partial charge in [0.05, 0.1) is 11.8 Å². The largest absolute Gasteiger partial charge is 0.330 e. The van der Waals surface area contributed by atoms with E-state index in [1.807, 2.05) is 42.3 Å². The molecule has 0 saturated carbocycles. The number of nitrogens with zero attached hydrogens (tertiary/aromatic N) is 5. The highest BCUT2D eigenvalue weighted by atomic mass is 16.1. The summed E-state index contributed by atoms with van der Waals surface area (Å²) in [6, 6.07) is 3.67. The maximum Gasteiger partial charge on any atom is 0.261 e. The highest BCUT2D eigenvalue weighted by Crippen LogP contribution is 2.13. The molecule has 0 aromatic carbocycles. The highest BCUT2D eigenvalue weighted by molar-refractivity contribution is 5.53. The minimum absolute atomic E-state index is 0.0358. The molecule has 0 radical (unpaired) electrons. The van der Waals surface area contributed by atoms with Crippen LogP contribution in [0.4, 0.5) is 0 Å². The third-order valence-corrected chi connectivity index (χ3v) is 3.48. The Hall–Kier alpha value is -2.63. The molecule has 3 rings (SSSR count). The van der Waals surface area contributed by atoms with Gasteiger partial charge in [-0.15, -0.1) is 0 Å². The van der Waals surface area contributed by atoms with E-state index in [1.54, 1.807) is 28.7 Å². The van der Waals surface area contributed by atoms with Gasteiger partial charge in [0.2, 0.25) is 0 Å². The Morgan fingerprint density at radius 1 is 1.24 bits per heavy atom. The number of pyridine rings is 1. The first-order valence-corrected chi connectivity index (χ1v) is 6.80. The van der Waals surface area contributed by atoms with Crippen LogP contribution in [0.2, 0.25) is 0 Å². The summed E-state index contributed by atoms with van der Waals surface area (Å²) in [5.74, 6) is 0.708. The third-order valence-electron chi connectivity index (χ3n) is 3.48. The lowest BCUT2D eigenvalue weighted by atomic mass is 10.2. The lowest BCUT2D eigenvalue weighted by Gasteiger charge is -2.07. The maximum absolute atomic E-state index is 12.2. The van der Waals surface area contributed by atoms with E-state index in [4.69, 9.17) is 0 Å². The van der Waals surface area contributed by atoms with Crippen molar-refractivity contribution >= 4 is 0 Å². The molecule has 0 fully saturated rings. The van der Waals surface area contributed by atoms with Crippen LogP contribution >= 0.6 is 0 Å². The molecule has 3 aromatic heterocycles. The number of imidazole rings is 1. The number of rotatable bonds is 4. The van der Waals surface area contributed by atoms with E-state index in [0.717, 1.165) is 18.5 Å². The molecule has 0 amide bonds. The fraction of sp³-hybridized carbons (Fsp3) is 0.267. The van der Waals surface area contributed by atoms with Gasteiger partial charge in [0, 0.05) is 45.4 Å². The minimum Gasteiger partial charge on any atom is -0.330 e. The van der Waals surface area contributed by atoms with Crippen LogP contribution in [0.1, 0.15) is 5.56 Å². The lowest BCUT2D eigenvalue weighted by Crippen LogP contribution is -2.19. The highest BCUT2D eigenvalue weighted by Gasteiger charge is 2.10. The molecule has 0 atom stereocenters. The first-order chi connectivity index (χ1) is 10.1. The predicted molar refractivity (Wildman–Crippen MR) is 79.8 cm³/mol. The molecule has 3 aromatic rings. The van der Waals surface area contributed by atoms with Gasteiger partial charge < -0.3 is 9.13 Å².